The Labute approximate surface area is 169 Å². The average Bonchev–Trinajstić information content (AvgIpc) is 3.32. The predicted molar refractivity (Wildman–Crippen MR) is 112 cm³/mol. The number of fused-ring (bicyclic) bond motifs is 1. The van der Waals surface area contributed by atoms with Crippen LogP contribution in [0.15, 0.2) is 36.5 Å². The highest BCUT2D eigenvalue weighted by Crippen LogP contribution is 2.23. The predicted octanol–water partition coefficient (Wildman–Crippen LogP) is 3.38. The van der Waals surface area contributed by atoms with E-state index in [1.165, 1.54) is 0 Å². The molecule has 0 spiro atoms. The van der Waals surface area contributed by atoms with Crippen LogP contribution in [0.1, 0.15) is 54.3 Å². The fourth-order valence-corrected chi connectivity index (χ4v) is 3.70. The number of hydrogen-bond donors (Lipinski definition) is 1. The van der Waals surface area contributed by atoms with Gasteiger partial charge in [-0.15, -0.1) is 0 Å². The van der Waals surface area contributed by atoms with Gasteiger partial charge in [-0.1, -0.05) is 12.1 Å². The lowest BCUT2D eigenvalue weighted by atomic mass is 10.1. The Hall–Kier alpha value is -3.22. The van der Waals surface area contributed by atoms with Gasteiger partial charge >= 0.3 is 0 Å². The number of nitrogens with zero attached hydrogens (tertiary/aromatic N) is 4. The lowest BCUT2D eigenvalue weighted by molar-refractivity contribution is -0.117. The topological polar surface area (TPSA) is 80.1 Å². The molecule has 2 amide bonds. The molecule has 29 heavy (non-hydrogen) atoms. The van der Waals surface area contributed by atoms with Crippen LogP contribution in [0.2, 0.25) is 0 Å². The number of pyridine rings is 1. The molecule has 150 valence electrons. The summed E-state index contributed by atoms with van der Waals surface area (Å²) in [6.07, 6.45) is 3.23. The van der Waals surface area contributed by atoms with E-state index in [4.69, 9.17) is 0 Å². The van der Waals surface area contributed by atoms with Gasteiger partial charge in [0.2, 0.25) is 5.91 Å². The zero-order valence-electron chi connectivity index (χ0n) is 17.0. The van der Waals surface area contributed by atoms with Crippen molar-refractivity contribution in [3.05, 3.63) is 53.3 Å². The monoisotopic (exact) mass is 391 g/mol. The van der Waals surface area contributed by atoms with E-state index in [1.807, 2.05) is 54.6 Å². The molecule has 0 unspecified atom stereocenters. The van der Waals surface area contributed by atoms with Gasteiger partial charge in [-0.3, -0.25) is 9.59 Å². The highest BCUT2D eigenvalue weighted by Gasteiger charge is 2.21. The molecule has 7 nitrogen and oxygen atoms in total. The van der Waals surface area contributed by atoms with Gasteiger partial charge in [0.05, 0.1) is 17.1 Å². The molecule has 0 atom stereocenters. The van der Waals surface area contributed by atoms with Crippen molar-refractivity contribution >= 4 is 28.5 Å². The summed E-state index contributed by atoms with van der Waals surface area (Å²) in [4.78, 5) is 31.1. The molecule has 1 N–H and O–H groups in total. The first-order chi connectivity index (χ1) is 13.9. The van der Waals surface area contributed by atoms with Crippen LogP contribution in [-0.4, -0.2) is 33.1 Å². The van der Waals surface area contributed by atoms with Crippen molar-refractivity contribution in [3.63, 3.8) is 0 Å². The molecule has 0 radical (unpaired) electrons. The second-order valence-corrected chi connectivity index (χ2v) is 7.73. The van der Waals surface area contributed by atoms with Crippen molar-refractivity contribution in [3.8, 4) is 0 Å². The van der Waals surface area contributed by atoms with Crippen LogP contribution in [0.4, 0.5) is 5.69 Å². The average molecular weight is 391 g/mol. The molecule has 1 saturated heterocycles. The van der Waals surface area contributed by atoms with Gasteiger partial charge in [0.1, 0.15) is 0 Å². The van der Waals surface area contributed by atoms with Crippen molar-refractivity contribution in [1.29, 1.82) is 0 Å². The van der Waals surface area contributed by atoms with Gasteiger partial charge in [0.25, 0.3) is 5.91 Å². The molecule has 0 aliphatic carbocycles. The Morgan fingerprint density at radius 3 is 2.66 bits per heavy atom. The first kappa shape index (κ1) is 19.1. The van der Waals surface area contributed by atoms with Crippen molar-refractivity contribution in [1.82, 2.24) is 20.1 Å². The van der Waals surface area contributed by atoms with Gasteiger partial charge in [0, 0.05) is 36.9 Å². The number of amides is 2. The third-order valence-corrected chi connectivity index (χ3v) is 5.20. The summed E-state index contributed by atoms with van der Waals surface area (Å²) in [6, 6.07) is 9.74. The van der Waals surface area contributed by atoms with Crippen LogP contribution < -0.4 is 10.2 Å². The van der Waals surface area contributed by atoms with E-state index in [-0.39, 0.29) is 17.9 Å². The van der Waals surface area contributed by atoms with Crippen molar-refractivity contribution in [2.24, 2.45) is 0 Å². The van der Waals surface area contributed by atoms with Crippen LogP contribution >= 0.6 is 0 Å². The molecule has 3 aromatic rings. The lowest BCUT2D eigenvalue weighted by Crippen LogP contribution is -2.24. The maximum Gasteiger partial charge on any atom is 0.252 e. The fourth-order valence-electron chi connectivity index (χ4n) is 3.70. The Bertz CT molecular complexity index is 1070. The first-order valence-electron chi connectivity index (χ1n) is 9.96. The van der Waals surface area contributed by atoms with Crippen LogP contribution in [0, 0.1) is 6.92 Å². The van der Waals surface area contributed by atoms with Crippen molar-refractivity contribution in [2.45, 2.75) is 46.2 Å². The van der Waals surface area contributed by atoms with Gasteiger partial charge < -0.3 is 10.2 Å². The van der Waals surface area contributed by atoms with E-state index in [9.17, 15) is 9.59 Å². The standard InChI is InChI=1S/C22H25N5O2/c1-14(2)27-21-19(13-24-27)18(11-15(3)25-21)22(29)23-12-16-6-8-17(9-7-16)26-10-4-5-20(26)28/h6-9,11,13-14H,4-5,10,12H2,1-3H3,(H,23,29). The van der Waals surface area contributed by atoms with Crippen LogP contribution in [-0.2, 0) is 11.3 Å². The molecule has 1 aliphatic heterocycles. The van der Waals surface area contributed by atoms with Gasteiger partial charge in [0.15, 0.2) is 5.65 Å². The van der Waals surface area contributed by atoms with E-state index in [2.05, 4.69) is 15.4 Å². The number of benzene rings is 1. The van der Waals surface area contributed by atoms with E-state index in [0.717, 1.165) is 40.9 Å². The fraction of sp³-hybridized carbons (Fsp3) is 0.364. The molecule has 1 fully saturated rings. The number of nitrogens with one attached hydrogen (secondary N) is 1. The van der Waals surface area contributed by atoms with Crippen LogP contribution in [0.5, 0.6) is 0 Å². The Kier molecular flexibility index (Phi) is 5.05. The van der Waals surface area contributed by atoms with Crippen LogP contribution in [0.25, 0.3) is 11.0 Å². The summed E-state index contributed by atoms with van der Waals surface area (Å²) in [5.41, 5.74) is 3.98. The lowest BCUT2D eigenvalue weighted by Gasteiger charge is -2.16. The molecule has 4 rings (SSSR count). The van der Waals surface area contributed by atoms with Gasteiger partial charge in [-0.2, -0.15) is 5.10 Å². The molecular formula is C22H25N5O2. The van der Waals surface area contributed by atoms with E-state index in [0.29, 0.717) is 18.5 Å². The minimum Gasteiger partial charge on any atom is -0.348 e. The van der Waals surface area contributed by atoms with Gasteiger partial charge in [-0.05, 0) is 51.0 Å². The van der Waals surface area contributed by atoms with E-state index in [1.54, 1.807) is 12.3 Å². The normalized spacial score (nSPS) is 14.2. The maximum atomic E-state index is 12.9. The van der Waals surface area contributed by atoms with E-state index >= 15 is 0 Å². The van der Waals surface area contributed by atoms with Gasteiger partial charge in [-0.25, -0.2) is 9.67 Å². The third kappa shape index (κ3) is 3.72. The third-order valence-electron chi connectivity index (χ3n) is 5.20. The molecule has 1 aliphatic rings. The number of carbonyl (C=O) groups is 2. The number of anilines is 1. The minimum absolute atomic E-state index is 0.150. The van der Waals surface area contributed by atoms with Crippen LogP contribution in [0.3, 0.4) is 0 Å². The molecule has 0 saturated carbocycles. The second kappa shape index (κ2) is 7.66. The zero-order valence-corrected chi connectivity index (χ0v) is 17.0. The summed E-state index contributed by atoms with van der Waals surface area (Å²) < 4.78 is 1.83. The molecule has 3 heterocycles. The molecule has 7 heteroatoms. The second-order valence-electron chi connectivity index (χ2n) is 7.73. The smallest absolute Gasteiger partial charge is 0.252 e. The Morgan fingerprint density at radius 2 is 2.00 bits per heavy atom. The Balaban J connectivity index is 1.49. The quantitative estimate of drug-likeness (QED) is 0.723. The number of rotatable bonds is 5. The SMILES string of the molecule is Cc1cc(C(=O)NCc2ccc(N3CCCC3=O)cc2)c2cnn(C(C)C)c2n1. The number of hydrogen-bond acceptors (Lipinski definition) is 4. The summed E-state index contributed by atoms with van der Waals surface area (Å²) in [7, 11) is 0. The van der Waals surface area contributed by atoms with Crippen molar-refractivity contribution < 1.29 is 9.59 Å². The first-order valence-corrected chi connectivity index (χ1v) is 9.96. The van der Waals surface area contributed by atoms with Crippen molar-refractivity contribution in [2.75, 3.05) is 11.4 Å². The maximum absolute atomic E-state index is 12.9. The minimum atomic E-state index is -0.150. The molecule has 1 aromatic carbocycles. The molecular weight excluding hydrogens is 366 g/mol. The molecule has 2 aromatic heterocycles. The number of aromatic nitrogens is 3. The summed E-state index contributed by atoms with van der Waals surface area (Å²) in [5.74, 6) is 0.0210. The zero-order chi connectivity index (χ0) is 20.5. The highest BCUT2D eigenvalue weighted by molar-refractivity contribution is 6.05. The number of carbonyl (C=O) groups excluding carboxylic acids is 2. The molecule has 0 bridgehead atoms. The number of aryl methyl sites for hydroxylation is 1. The summed E-state index contributed by atoms with van der Waals surface area (Å²) in [6.45, 7) is 7.14. The largest absolute Gasteiger partial charge is 0.348 e. The summed E-state index contributed by atoms with van der Waals surface area (Å²) >= 11 is 0. The van der Waals surface area contributed by atoms with E-state index < -0.39 is 0 Å². The Morgan fingerprint density at radius 1 is 1.24 bits per heavy atom. The summed E-state index contributed by atoms with van der Waals surface area (Å²) in [5, 5.41) is 8.13. The highest BCUT2D eigenvalue weighted by atomic mass is 16.2.